The third-order valence-electron chi connectivity index (χ3n) is 2.15. The van der Waals surface area contributed by atoms with Crippen molar-refractivity contribution in [1.29, 1.82) is 0 Å². The minimum absolute atomic E-state index is 0.347. The van der Waals surface area contributed by atoms with E-state index >= 15 is 0 Å². The number of hydrogen-bond donors (Lipinski definition) is 3. The fraction of sp³-hybridized carbons (Fsp3) is 0.333. The molecule has 0 aliphatic rings. The molecule has 1 rings (SSSR count). The Morgan fingerprint density at radius 2 is 2.11 bits per heavy atom. The fourth-order valence-corrected chi connectivity index (χ4v) is 1.58. The van der Waals surface area contributed by atoms with Crippen molar-refractivity contribution in [2.75, 3.05) is 6.54 Å². The van der Waals surface area contributed by atoms with Crippen LogP contribution in [0.5, 0.6) is 5.75 Å². The van der Waals surface area contributed by atoms with E-state index in [0.29, 0.717) is 22.4 Å². The zero-order valence-electron chi connectivity index (χ0n) is 10.7. The Morgan fingerprint density at radius 1 is 1.42 bits per heavy atom. The molecule has 7 heteroatoms. The maximum Gasteiger partial charge on any atom is 0.279 e. The first-order chi connectivity index (χ1) is 9.04. The molecular formula is C12H16ClN3O2S. The predicted octanol–water partition coefficient (Wildman–Crippen LogP) is 1.62. The van der Waals surface area contributed by atoms with E-state index in [4.69, 9.17) is 28.6 Å². The second-order valence-corrected chi connectivity index (χ2v) is 4.48. The van der Waals surface area contributed by atoms with Crippen molar-refractivity contribution in [2.24, 2.45) is 0 Å². The zero-order valence-corrected chi connectivity index (χ0v) is 12.3. The van der Waals surface area contributed by atoms with Crippen molar-refractivity contribution in [1.82, 2.24) is 16.2 Å². The summed E-state index contributed by atoms with van der Waals surface area (Å²) in [5.74, 6) is 0.112. The molecule has 0 spiro atoms. The molecule has 3 N–H and O–H groups in total. The van der Waals surface area contributed by atoms with Gasteiger partial charge in [-0.25, -0.2) is 0 Å². The minimum atomic E-state index is -0.697. The van der Waals surface area contributed by atoms with Gasteiger partial charge in [-0.15, -0.1) is 0 Å². The van der Waals surface area contributed by atoms with Crippen LogP contribution in [-0.4, -0.2) is 23.7 Å². The molecule has 0 aliphatic heterocycles. The first kappa shape index (κ1) is 15.5. The molecule has 104 valence electrons. The summed E-state index contributed by atoms with van der Waals surface area (Å²) in [6.07, 6.45) is -0.697. The van der Waals surface area contributed by atoms with Crippen LogP contribution in [0.1, 0.15) is 13.8 Å². The second kappa shape index (κ2) is 7.81. The average molecular weight is 302 g/mol. The van der Waals surface area contributed by atoms with Crippen LogP contribution in [0.25, 0.3) is 0 Å². The van der Waals surface area contributed by atoms with Gasteiger partial charge in [0.15, 0.2) is 11.2 Å². The highest BCUT2D eigenvalue weighted by atomic mass is 35.5. The lowest BCUT2D eigenvalue weighted by Gasteiger charge is -2.16. The number of ether oxygens (including phenoxy) is 1. The van der Waals surface area contributed by atoms with Gasteiger partial charge in [0.05, 0.1) is 5.02 Å². The van der Waals surface area contributed by atoms with Gasteiger partial charge in [0.1, 0.15) is 5.75 Å². The van der Waals surface area contributed by atoms with Gasteiger partial charge in [-0.1, -0.05) is 23.7 Å². The highest BCUT2D eigenvalue weighted by Crippen LogP contribution is 2.24. The summed E-state index contributed by atoms with van der Waals surface area (Å²) in [6.45, 7) is 4.20. The van der Waals surface area contributed by atoms with Crippen molar-refractivity contribution in [2.45, 2.75) is 20.0 Å². The van der Waals surface area contributed by atoms with Crippen LogP contribution in [0.15, 0.2) is 24.3 Å². The number of carbonyl (C=O) groups is 1. The molecule has 0 aromatic heterocycles. The second-order valence-electron chi connectivity index (χ2n) is 3.66. The number of amides is 1. The molecule has 0 saturated carbocycles. The van der Waals surface area contributed by atoms with Gasteiger partial charge in [0.2, 0.25) is 0 Å². The monoisotopic (exact) mass is 301 g/mol. The van der Waals surface area contributed by atoms with E-state index < -0.39 is 6.10 Å². The number of hydrazine groups is 1. The van der Waals surface area contributed by atoms with E-state index in [9.17, 15) is 4.79 Å². The highest BCUT2D eigenvalue weighted by molar-refractivity contribution is 7.80. The molecule has 0 heterocycles. The zero-order chi connectivity index (χ0) is 14.3. The summed E-state index contributed by atoms with van der Waals surface area (Å²) in [5, 5.41) is 3.65. The third-order valence-corrected chi connectivity index (χ3v) is 2.70. The van der Waals surface area contributed by atoms with Crippen LogP contribution in [0.2, 0.25) is 5.02 Å². The normalized spacial score (nSPS) is 11.3. The number of thiocarbonyl (C=S) groups is 1. The smallest absolute Gasteiger partial charge is 0.279 e. The molecule has 5 nitrogen and oxygen atoms in total. The first-order valence-corrected chi connectivity index (χ1v) is 6.58. The van der Waals surface area contributed by atoms with Crippen LogP contribution >= 0.6 is 23.8 Å². The predicted molar refractivity (Wildman–Crippen MR) is 79.1 cm³/mol. The summed E-state index contributed by atoms with van der Waals surface area (Å²) in [6, 6.07) is 6.96. The van der Waals surface area contributed by atoms with E-state index in [2.05, 4.69) is 16.2 Å². The lowest BCUT2D eigenvalue weighted by molar-refractivity contribution is -0.127. The maximum absolute atomic E-state index is 11.7. The largest absolute Gasteiger partial charge is 0.479 e. The van der Waals surface area contributed by atoms with E-state index in [1.165, 1.54) is 0 Å². The molecule has 1 aromatic carbocycles. The first-order valence-electron chi connectivity index (χ1n) is 5.79. The number of nitrogens with one attached hydrogen (secondary N) is 3. The van der Waals surface area contributed by atoms with E-state index in [0.717, 1.165) is 0 Å². The molecule has 0 bridgehead atoms. The number of rotatable bonds is 4. The Hall–Kier alpha value is -1.53. The van der Waals surface area contributed by atoms with Gasteiger partial charge in [0, 0.05) is 6.54 Å². The molecule has 0 aliphatic carbocycles. The number of benzene rings is 1. The van der Waals surface area contributed by atoms with Gasteiger partial charge in [-0.2, -0.15) is 0 Å². The van der Waals surface area contributed by atoms with Crippen LogP contribution < -0.4 is 20.9 Å². The summed E-state index contributed by atoms with van der Waals surface area (Å²) < 4.78 is 5.45. The fourth-order valence-electron chi connectivity index (χ4n) is 1.21. The van der Waals surface area contributed by atoms with Crippen LogP contribution in [-0.2, 0) is 4.79 Å². The van der Waals surface area contributed by atoms with E-state index in [-0.39, 0.29) is 5.91 Å². The van der Waals surface area contributed by atoms with Gasteiger partial charge < -0.3 is 10.1 Å². The summed E-state index contributed by atoms with van der Waals surface area (Å²) in [4.78, 5) is 11.7. The van der Waals surface area contributed by atoms with Crippen molar-refractivity contribution in [3.63, 3.8) is 0 Å². The molecule has 1 unspecified atom stereocenters. The Balaban J connectivity index is 2.45. The van der Waals surface area contributed by atoms with E-state index in [1.54, 1.807) is 31.2 Å². The van der Waals surface area contributed by atoms with Crippen LogP contribution in [0.3, 0.4) is 0 Å². The van der Waals surface area contributed by atoms with Crippen molar-refractivity contribution >= 4 is 34.8 Å². The topological polar surface area (TPSA) is 62.4 Å². The van der Waals surface area contributed by atoms with Gasteiger partial charge in [-0.05, 0) is 38.2 Å². The number of halogens is 1. The quantitative estimate of drug-likeness (QED) is 0.583. The lowest BCUT2D eigenvalue weighted by atomic mass is 10.3. The van der Waals surface area contributed by atoms with Gasteiger partial charge in [-0.3, -0.25) is 15.6 Å². The Morgan fingerprint density at radius 3 is 2.74 bits per heavy atom. The van der Waals surface area contributed by atoms with Crippen LogP contribution in [0, 0.1) is 0 Å². The molecule has 0 saturated heterocycles. The standard InChI is InChI=1S/C12H16ClN3O2S/c1-3-14-12(19)16-15-11(17)8(2)18-10-7-5-4-6-9(10)13/h4-8H,3H2,1-2H3,(H,15,17)(H2,14,16,19). The summed E-state index contributed by atoms with van der Waals surface area (Å²) in [7, 11) is 0. The number of carbonyl (C=O) groups excluding carboxylic acids is 1. The number of hydrogen-bond acceptors (Lipinski definition) is 3. The summed E-state index contributed by atoms with van der Waals surface area (Å²) >= 11 is 10.8. The molecule has 1 amide bonds. The van der Waals surface area contributed by atoms with E-state index in [1.807, 2.05) is 6.92 Å². The Bertz CT molecular complexity index is 456. The molecule has 1 atom stereocenters. The highest BCUT2D eigenvalue weighted by Gasteiger charge is 2.15. The van der Waals surface area contributed by atoms with Crippen molar-refractivity contribution in [3.05, 3.63) is 29.3 Å². The molecular weight excluding hydrogens is 286 g/mol. The third kappa shape index (κ3) is 5.32. The minimum Gasteiger partial charge on any atom is -0.479 e. The molecule has 0 fully saturated rings. The van der Waals surface area contributed by atoms with Gasteiger partial charge >= 0.3 is 0 Å². The lowest BCUT2D eigenvalue weighted by Crippen LogP contribution is -2.50. The summed E-state index contributed by atoms with van der Waals surface area (Å²) in [5.41, 5.74) is 5.02. The van der Waals surface area contributed by atoms with Crippen molar-refractivity contribution in [3.8, 4) is 5.75 Å². The maximum atomic E-state index is 11.7. The number of para-hydroxylation sites is 1. The molecule has 1 aromatic rings. The SMILES string of the molecule is CCNC(=S)NNC(=O)C(C)Oc1ccccc1Cl. The average Bonchev–Trinajstić information content (AvgIpc) is 2.39. The Kier molecular flexibility index (Phi) is 6.38. The van der Waals surface area contributed by atoms with Crippen LogP contribution in [0.4, 0.5) is 0 Å². The van der Waals surface area contributed by atoms with Crippen molar-refractivity contribution < 1.29 is 9.53 Å². The molecule has 0 radical (unpaired) electrons. The van der Waals surface area contributed by atoms with Gasteiger partial charge in [0.25, 0.3) is 5.91 Å². The molecule has 19 heavy (non-hydrogen) atoms. The Labute approximate surface area is 122 Å².